The van der Waals surface area contributed by atoms with Crippen molar-refractivity contribution in [1.29, 1.82) is 0 Å². The van der Waals surface area contributed by atoms with E-state index in [1.165, 1.54) is 0 Å². The van der Waals surface area contributed by atoms with Crippen LogP contribution in [0.2, 0.25) is 0 Å². The normalized spacial score (nSPS) is 10.6. The molecular formula is C10H10N2O. The van der Waals surface area contributed by atoms with Gasteiger partial charge in [0.15, 0.2) is 0 Å². The van der Waals surface area contributed by atoms with E-state index in [1.54, 1.807) is 6.20 Å². The molecule has 1 N–H and O–H groups in total. The molecule has 0 unspecified atom stereocenters. The Bertz CT molecular complexity index is 440. The van der Waals surface area contributed by atoms with Crippen molar-refractivity contribution in [2.75, 3.05) is 0 Å². The molecule has 1 heterocycles. The molecule has 0 saturated heterocycles. The zero-order valence-electron chi connectivity index (χ0n) is 7.36. The van der Waals surface area contributed by atoms with Crippen molar-refractivity contribution >= 4 is 10.9 Å². The lowest BCUT2D eigenvalue weighted by molar-refractivity contribution is 0.282. The molecule has 1 aromatic heterocycles. The van der Waals surface area contributed by atoms with Gasteiger partial charge in [-0.25, -0.2) is 9.97 Å². The van der Waals surface area contributed by atoms with Crippen LogP contribution in [0.1, 0.15) is 11.4 Å². The first kappa shape index (κ1) is 8.13. The molecule has 13 heavy (non-hydrogen) atoms. The monoisotopic (exact) mass is 174 g/mol. The lowest BCUT2D eigenvalue weighted by Crippen LogP contribution is -1.89. The predicted octanol–water partition coefficient (Wildman–Crippen LogP) is 1.43. The minimum atomic E-state index is 0.0546. The molecule has 3 heteroatoms. The maximum atomic E-state index is 8.92. The van der Waals surface area contributed by atoms with Crippen LogP contribution >= 0.6 is 0 Å². The van der Waals surface area contributed by atoms with Gasteiger partial charge in [-0.2, -0.15) is 0 Å². The molecule has 2 aromatic rings. The molecular weight excluding hydrogens is 164 g/mol. The maximum Gasteiger partial charge on any atom is 0.125 e. The Labute approximate surface area is 76.1 Å². The third-order valence-electron chi connectivity index (χ3n) is 1.95. The fourth-order valence-electron chi connectivity index (χ4n) is 1.26. The van der Waals surface area contributed by atoms with Crippen molar-refractivity contribution in [2.45, 2.75) is 13.5 Å². The van der Waals surface area contributed by atoms with E-state index in [0.29, 0.717) is 0 Å². The van der Waals surface area contributed by atoms with E-state index >= 15 is 0 Å². The standard InChI is InChI=1S/C10H10N2O/c1-7-11-5-9-3-2-8(6-13)4-10(9)12-7/h2-5,13H,6H2,1H3. The van der Waals surface area contributed by atoms with E-state index in [2.05, 4.69) is 9.97 Å². The molecule has 0 aliphatic rings. The lowest BCUT2D eigenvalue weighted by atomic mass is 10.2. The van der Waals surface area contributed by atoms with E-state index in [0.717, 1.165) is 22.3 Å². The number of nitrogens with zero attached hydrogens (tertiary/aromatic N) is 2. The number of aliphatic hydroxyl groups is 1. The molecule has 0 atom stereocenters. The molecule has 3 nitrogen and oxygen atoms in total. The van der Waals surface area contributed by atoms with Crippen LogP contribution in [0, 0.1) is 6.92 Å². The van der Waals surface area contributed by atoms with Crippen LogP contribution < -0.4 is 0 Å². The Morgan fingerprint density at radius 1 is 1.38 bits per heavy atom. The summed E-state index contributed by atoms with van der Waals surface area (Å²) in [6, 6.07) is 5.67. The van der Waals surface area contributed by atoms with Crippen molar-refractivity contribution in [3.05, 3.63) is 35.8 Å². The molecule has 0 saturated carbocycles. The highest BCUT2D eigenvalue weighted by molar-refractivity contribution is 5.78. The second-order valence-corrected chi connectivity index (χ2v) is 2.97. The average molecular weight is 174 g/mol. The van der Waals surface area contributed by atoms with Crippen LogP contribution in [0.15, 0.2) is 24.4 Å². The highest BCUT2D eigenvalue weighted by atomic mass is 16.3. The summed E-state index contributed by atoms with van der Waals surface area (Å²) in [5.41, 5.74) is 1.77. The van der Waals surface area contributed by atoms with E-state index in [-0.39, 0.29) is 6.61 Å². The van der Waals surface area contributed by atoms with Crippen LogP contribution in [0.5, 0.6) is 0 Å². The van der Waals surface area contributed by atoms with Gasteiger partial charge in [-0.1, -0.05) is 12.1 Å². The largest absolute Gasteiger partial charge is 0.392 e. The van der Waals surface area contributed by atoms with E-state index < -0.39 is 0 Å². The minimum Gasteiger partial charge on any atom is -0.392 e. The summed E-state index contributed by atoms with van der Waals surface area (Å²) in [5.74, 6) is 0.752. The molecule has 0 radical (unpaired) electrons. The van der Waals surface area contributed by atoms with Gasteiger partial charge in [-0.05, 0) is 18.6 Å². The topological polar surface area (TPSA) is 46.0 Å². The van der Waals surface area contributed by atoms with Crippen LogP contribution in [0.25, 0.3) is 10.9 Å². The first-order valence-electron chi connectivity index (χ1n) is 4.13. The number of aryl methyl sites for hydroxylation is 1. The Morgan fingerprint density at radius 2 is 2.23 bits per heavy atom. The van der Waals surface area contributed by atoms with Gasteiger partial charge in [0.2, 0.25) is 0 Å². The molecule has 0 bridgehead atoms. The Balaban J connectivity index is 2.68. The van der Waals surface area contributed by atoms with Crippen molar-refractivity contribution < 1.29 is 5.11 Å². The van der Waals surface area contributed by atoms with Gasteiger partial charge in [-0.15, -0.1) is 0 Å². The van der Waals surface area contributed by atoms with Crippen LogP contribution in [-0.2, 0) is 6.61 Å². The summed E-state index contributed by atoms with van der Waals surface area (Å²) in [5, 5.41) is 9.93. The summed E-state index contributed by atoms with van der Waals surface area (Å²) >= 11 is 0. The first-order valence-corrected chi connectivity index (χ1v) is 4.13. The molecule has 0 fully saturated rings. The fourth-order valence-corrected chi connectivity index (χ4v) is 1.26. The summed E-state index contributed by atoms with van der Waals surface area (Å²) in [7, 11) is 0. The Hall–Kier alpha value is -1.48. The van der Waals surface area contributed by atoms with Crippen LogP contribution in [-0.4, -0.2) is 15.1 Å². The number of rotatable bonds is 1. The second kappa shape index (κ2) is 3.11. The number of hydrogen-bond donors (Lipinski definition) is 1. The van der Waals surface area contributed by atoms with Gasteiger partial charge in [-0.3, -0.25) is 0 Å². The first-order chi connectivity index (χ1) is 6.29. The lowest BCUT2D eigenvalue weighted by Gasteiger charge is -2.00. The number of aliphatic hydroxyl groups excluding tert-OH is 1. The maximum absolute atomic E-state index is 8.92. The molecule has 2 rings (SSSR count). The van der Waals surface area contributed by atoms with Crippen LogP contribution in [0.3, 0.4) is 0 Å². The van der Waals surface area contributed by atoms with Crippen molar-refractivity contribution in [3.63, 3.8) is 0 Å². The highest BCUT2D eigenvalue weighted by Crippen LogP contribution is 2.12. The number of fused-ring (bicyclic) bond motifs is 1. The molecule has 0 spiro atoms. The molecule has 0 aliphatic heterocycles. The highest BCUT2D eigenvalue weighted by Gasteiger charge is 1.97. The number of aromatic nitrogens is 2. The summed E-state index contributed by atoms with van der Waals surface area (Å²) < 4.78 is 0. The Morgan fingerprint density at radius 3 is 3.00 bits per heavy atom. The summed E-state index contributed by atoms with van der Waals surface area (Å²) in [4.78, 5) is 8.35. The predicted molar refractivity (Wildman–Crippen MR) is 50.2 cm³/mol. The van der Waals surface area contributed by atoms with Gasteiger partial charge in [0.25, 0.3) is 0 Å². The third-order valence-corrected chi connectivity index (χ3v) is 1.95. The summed E-state index contributed by atoms with van der Waals surface area (Å²) in [6.07, 6.45) is 1.79. The van der Waals surface area contributed by atoms with Crippen LogP contribution in [0.4, 0.5) is 0 Å². The average Bonchev–Trinajstić information content (AvgIpc) is 2.16. The summed E-state index contributed by atoms with van der Waals surface area (Å²) in [6.45, 7) is 1.91. The van der Waals surface area contributed by atoms with E-state index in [9.17, 15) is 0 Å². The van der Waals surface area contributed by atoms with Gasteiger partial charge in [0.05, 0.1) is 12.1 Å². The third kappa shape index (κ3) is 1.51. The van der Waals surface area contributed by atoms with Crippen molar-refractivity contribution in [2.24, 2.45) is 0 Å². The van der Waals surface area contributed by atoms with Gasteiger partial charge in [0.1, 0.15) is 5.82 Å². The molecule has 66 valence electrons. The van der Waals surface area contributed by atoms with Gasteiger partial charge in [0, 0.05) is 11.6 Å². The zero-order chi connectivity index (χ0) is 9.26. The van der Waals surface area contributed by atoms with Gasteiger partial charge >= 0.3 is 0 Å². The smallest absolute Gasteiger partial charge is 0.125 e. The zero-order valence-corrected chi connectivity index (χ0v) is 7.36. The van der Waals surface area contributed by atoms with Crippen molar-refractivity contribution in [1.82, 2.24) is 9.97 Å². The SMILES string of the molecule is Cc1ncc2ccc(CO)cc2n1. The molecule has 1 aromatic carbocycles. The van der Waals surface area contributed by atoms with Gasteiger partial charge < -0.3 is 5.11 Å². The molecule has 0 amide bonds. The second-order valence-electron chi connectivity index (χ2n) is 2.97. The van der Waals surface area contributed by atoms with Crippen molar-refractivity contribution in [3.8, 4) is 0 Å². The fraction of sp³-hybridized carbons (Fsp3) is 0.200. The number of hydrogen-bond acceptors (Lipinski definition) is 3. The van der Waals surface area contributed by atoms with E-state index in [4.69, 9.17) is 5.11 Å². The quantitative estimate of drug-likeness (QED) is 0.711. The number of benzene rings is 1. The molecule has 0 aliphatic carbocycles. The minimum absolute atomic E-state index is 0.0546. The Kier molecular flexibility index (Phi) is 1.94. The van der Waals surface area contributed by atoms with E-state index in [1.807, 2.05) is 25.1 Å².